The number of benzene rings is 1. The van der Waals surface area contributed by atoms with Crippen LogP contribution < -0.4 is 5.73 Å². The van der Waals surface area contributed by atoms with Crippen molar-refractivity contribution in [2.24, 2.45) is 5.41 Å². The maximum absolute atomic E-state index is 5.79. The molecule has 3 heteroatoms. The highest BCUT2D eigenvalue weighted by Crippen LogP contribution is 2.22. The van der Waals surface area contributed by atoms with E-state index in [2.05, 4.69) is 48.6 Å². The lowest BCUT2D eigenvalue weighted by molar-refractivity contribution is 0.220. The number of anilines is 1. The Labute approximate surface area is 107 Å². The minimum absolute atomic E-state index is 0.321. The molecule has 0 saturated carbocycles. The van der Waals surface area contributed by atoms with E-state index in [-0.39, 0.29) is 0 Å². The normalized spacial score (nSPS) is 12.1. The van der Waals surface area contributed by atoms with Crippen LogP contribution in [-0.4, -0.2) is 18.5 Å². The lowest BCUT2D eigenvalue weighted by Gasteiger charge is -2.26. The summed E-state index contributed by atoms with van der Waals surface area (Å²) >= 11 is 3.56. The van der Waals surface area contributed by atoms with E-state index in [9.17, 15) is 0 Å². The zero-order chi connectivity index (χ0) is 12.3. The Morgan fingerprint density at radius 3 is 2.50 bits per heavy atom. The summed E-state index contributed by atoms with van der Waals surface area (Å²) in [5, 5.41) is 0. The van der Waals surface area contributed by atoms with Crippen LogP contribution >= 0.6 is 15.9 Å². The SMILES string of the molecule is CN(Cc1cc(N)ccc1Br)CC(C)(C)C. The van der Waals surface area contributed by atoms with Gasteiger partial charge in [0.25, 0.3) is 0 Å². The molecule has 2 nitrogen and oxygen atoms in total. The second kappa shape index (κ2) is 5.19. The average molecular weight is 285 g/mol. The van der Waals surface area contributed by atoms with E-state index in [1.165, 1.54) is 5.56 Å². The van der Waals surface area contributed by atoms with E-state index < -0.39 is 0 Å². The Bertz CT molecular complexity index is 355. The van der Waals surface area contributed by atoms with Gasteiger partial charge in [0.2, 0.25) is 0 Å². The summed E-state index contributed by atoms with van der Waals surface area (Å²) in [4.78, 5) is 2.32. The molecule has 0 fully saturated rings. The van der Waals surface area contributed by atoms with Crippen LogP contribution in [-0.2, 0) is 6.54 Å². The van der Waals surface area contributed by atoms with Gasteiger partial charge in [0.05, 0.1) is 0 Å². The summed E-state index contributed by atoms with van der Waals surface area (Å²) < 4.78 is 1.13. The van der Waals surface area contributed by atoms with Crippen molar-refractivity contribution in [2.45, 2.75) is 27.3 Å². The van der Waals surface area contributed by atoms with Gasteiger partial charge in [-0.1, -0.05) is 36.7 Å². The highest BCUT2D eigenvalue weighted by molar-refractivity contribution is 9.10. The topological polar surface area (TPSA) is 29.3 Å². The fraction of sp³-hybridized carbons (Fsp3) is 0.538. The monoisotopic (exact) mass is 284 g/mol. The van der Waals surface area contributed by atoms with E-state index >= 15 is 0 Å². The molecule has 1 aromatic carbocycles. The Morgan fingerprint density at radius 2 is 1.94 bits per heavy atom. The third kappa shape index (κ3) is 4.54. The molecule has 0 aliphatic heterocycles. The van der Waals surface area contributed by atoms with Crippen molar-refractivity contribution >= 4 is 21.6 Å². The van der Waals surface area contributed by atoms with Crippen molar-refractivity contribution in [2.75, 3.05) is 19.3 Å². The summed E-state index contributed by atoms with van der Waals surface area (Å²) in [7, 11) is 2.14. The molecule has 0 aliphatic carbocycles. The molecule has 1 rings (SSSR count). The fourth-order valence-electron chi connectivity index (χ4n) is 1.87. The Balaban J connectivity index is 2.69. The van der Waals surface area contributed by atoms with Crippen LogP contribution in [0, 0.1) is 5.41 Å². The summed E-state index contributed by atoms with van der Waals surface area (Å²) in [5.74, 6) is 0. The van der Waals surface area contributed by atoms with Gasteiger partial charge in [-0.25, -0.2) is 0 Å². The molecular weight excluding hydrogens is 264 g/mol. The number of nitrogens with two attached hydrogens (primary N) is 1. The summed E-state index contributed by atoms with van der Waals surface area (Å²) in [6, 6.07) is 5.95. The van der Waals surface area contributed by atoms with Gasteiger partial charge < -0.3 is 10.6 Å². The maximum atomic E-state index is 5.79. The zero-order valence-corrected chi connectivity index (χ0v) is 12.1. The van der Waals surface area contributed by atoms with Crippen LogP contribution in [0.3, 0.4) is 0 Å². The van der Waals surface area contributed by atoms with Crippen LogP contribution in [0.1, 0.15) is 26.3 Å². The highest BCUT2D eigenvalue weighted by atomic mass is 79.9. The average Bonchev–Trinajstić information content (AvgIpc) is 2.08. The Hall–Kier alpha value is -0.540. The van der Waals surface area contributed by atoms with Crippen molar-refractivity contribution in [1.82, 2.24) is 4.90 Å². The molecule has 0 aliphatic rings. The summed E-state index contributed by atoms with van der Waals surface area (Å²) in [6.45, 7) is 8.73. The van der Waals surface area contributed by atoms with Crippen LogP contribution in [0.5, 0.6) is 0 Å². The molecule has 16 heavy (non-hydrogen) atoms. The predicted molar refractivity (Wildman–Crippen MR) is 74.3 cm³/mol. The van der Waals surface area contributed by atoms with Crippen molar-refractivity contribution in [3.63, 3.8) is 0 Å². The number of nitrogens with zero attached hydrogens (tertiary/aromatic N) is 1. The number of hydrogen-bond donors (Lipinski definition) is 1. The molecule has 90 valence electrons. The number of nitrogen functional groups attached to an aromatic ring is 1. The van der Waals surface area contributed by atoms with Crippen LogP contribution in [0.2, 0.25) is 0 Å². The third-order valence-electron chi connectivity index (χ3n) is 2.25. The van der Waals surface area contributed by atoms with Crippen LogP contribution in [0.15, 0.2) is 22.7 Å². The Morgan fingerprint density at radius 1 is 1.31 bits per heavy atom. The van der Waals surface area contributed by atoms with Gasteiger partial charge in [0.15, 0.2) is 0 Å². The van der Waals surface area contributed by atoms with Crippen molar-refractivity contribution in [1.29, 1.82) is 0 Å². The first-order chi connectivity index (χ1) is 7.28. The van der Waals surface area contributed by atoms with E-state index in [4.69, 9.17) is 5.73 Å². The van der Waals surface area contributed by atoms with Crippen molar-refractivity contribution < 1.29 is 0 Å². The molecular formula is C13H21BrN2. The molecule has 0 saturated heterocycles. The lowest BCUT2D eigenvalue weighted by atomic mass is 9.96. The summed E-state index contributed by atoms with van der Waals surface area (Å²) in [5.41, 5.74) is 8.18. The first-order valence-corrected chi connectivity index (χ1v) is 6.30. The van der Waals surface area contributed by atoms with Crippen LogP contribution in [0.4, 0.5) is 5.69 Å². The molecule has 0 radical (unpaired) electrons. The first kappa shape index (κ1) is 13.5. The van der Waals surface area contributed by atoms with Crippen molar-refractivity contribution in [3.8, 4) is 0 Å². The predicted octanol–water partition coefficient (Wildman–Crippen LogP) is 3.51. The van der Waals surface area contributed by atoms with Gasteiger partial charge in [-0.05, 0) is 36.2 Å². The third-order valence-corrected chi connectivity index (χ3v) is 3.03. The largest absolute Gasteiger partial charge is 0.399 e. The zero-order valence-electron chi connectivity index (χ0n) is 10.5. The lowest BCUT2D eigenvalue weighted by Crippen LogP contribution is -2.29. The molecule has 0 heterocycles. The second-order valence-electron chi connectivity index (χ2n) is 5.58. The second-order valence-corrected chi connectivity index (χ2v) is 6.44. The molecule has 0 unspecified atom stereocenters. The Kier molecular flexibility index (Phi) is 4.39. The highest BCUT2D eigenvalue weighted by Gasteiger charge is 2.14. The molecule has 0 atom stereocenters. The minimum atomic E-state index is 0.321. The molecule has 2 N–H and O–H groups in total. The molecule has 0 bridgehead atoms. The van der Waals surface area contributed by atoms with E-state index in [0.717, 1.165) is 23.2 Å². The summed E-state index contributed by atoms with van der Waals surface area (Å²) in [6.07, 6.45) is 0. The molecule has 1 aromatic rings. The van der Waals surface area contributed by atoms with Gasteiger partial charge in [0, 0.05) is 23.2 Å². The standard InChI is InChI=1S/C13H21BrN2/c1-13(2,3)9-16(4)8-10-7-11(15)5-6-12(10)14/h5-7H,8-9,15H2,1-4H3. The van der Waals surface area contributed by atoms with Gasteiger partial charge >= 0.3 is 0 Å². The number of rotatable bonds is 3. The van der Waals surface area contributed by atoms with Crippen LogP contribution in [0.25, 0.3) is 0 Å². The first-order valence-electron chi connectivity index (χ1n) is 5.50. The van der Waals surface area contributed by atoms with E-state index in [0.29, 0.717) is 5.41 Å². The van der Waals surface area contributed by atoms with E-state index in [1.807, 2.05) is 18.2 Å². The fourth-order valence-corrected chi connectivity index (χ4v) is 2.24. The van der Waals surface area contributed by atoms with Gasteiger partial charge in [-0.2, -0.15) is 0 Å². The van der Waals surface area contributed by atoms with Gasteiger partial charge in [-0.15, -0.1) is 0 Å². The molecule has 0 amide bonds. The van der Waals surface area contributed by atoms with E-state index in [1.54, 1.807) is 0 Å². The van der Waals surface area contributed by atoms with Gasteiger partial charge in [-0.3, -0.25) is 0 Å². The minimum Gasteiger partial charge on any atom is -0.399 e. The maximum Gasteiger partial charge on any atom is 0.0318 e. The molecule has 0 aromatic heterocycles. The van der Waals surface area contributed by atoms with Crippen molar-refractivity contribution in [3.05, 3.63) is 28.2 Å². The molecule has 0 spiro atoms. The quantitative estimate of drug-likeness (QED) is 0.861. The van der Waals surface area contributed by atoms with Gasteiger partial charge in [0.1, 0.15) is 0 Å². The number of halogens is 1. The number of hydrogen-bond acceptors (Lipinski definition) is 2. The smallest absolute Gasteiger partial charge is 0.0318 e.